The molecule has 1 saturated carbocycles. The number of unbranched alkanes of at least 4 members (excludes halogenated alkanes) is 1. The van der Waals surface area contributed by atoms with Crippen LogP contribution in [0.15, 0.2) is 12.2 Å². The van der Waals surface area contributed by atoms with E-state index >= 15 is 4.39 Å². The first-order chi connectivity index (χ1) is 14.1. The monoisotopic (exact) mass is 548 g/mol. The molecule has 1 aliphatic carbocycles. The zero-order valence-electron chi connectivity index (χ0n) is 17.4. The van der Waals surface area contributed by atoms with Crippen LogP contribution in [0.3, 0.4) is 0 Å². The number of alkyl halides is 4. The van der Waals surface area contributed by atoms with Gasteiger partial charge in [0.1, 0.15) is 18.4 Å². The Morgan fingerprint density at radius 3 is 2.73 bits per heavy atom. The van der Waals surface area contributed by atoms with E-state index < -0.39 is 54.8 Å². The first-order valence-electron chi connectivity index (χ1n) is 10.5. The summed E-state index contributed by atoms with van der Waals surface area (Å²) in [5.41, 5.74) is 0. The molecular weight excluding hydrogens is 516 g/mol. The van der Waals surface area contributed by atoms with Crippen LogP contribution in [0.1, 0.15) is 51.9 Å². The number of hydrogen-bond acceptors (Lipinski definition) is 5. The zero-order valence-corrected chi connectivity index (χ0v) is 19.5. The highest BCUT2D eigenvalue weighted by Crippen LogP contribution is 2.47. The van der Waals surface area contributed by atoms with Crippen LogP contribution in [0.4, 0.5) is 13.2 Å². The Morgan fingerprint density at radius 1 is 1.40 bits per heavy atom. The standard InChI is InChI=1S/C21H32F3IO5/c1-3-4-10-21(23,24)16(27)9-8-12-14(26)11-15-18(12)19(22)20(30-15)13(25)6-5-7-17(28)29-2/h8-9,12-16,18-20,26-27H,3-7,10-11H2,1-2H3/b9-8+/t12-,13?,14+,15-,16+,18+,19?,20?/m0/s1. The molecule has 1 saturated heterocycles. The van der Waals surface area contributed by atoms with Gasteiger partial charge in [0, 0.05) is 35.0 Å². The molecule has 0 amide bonds. The van der Waals surface area contributed by atoms with Crippen molar-refractivity contribution < 1.29 is 37.7 Å². The lowest BCUT2D eigenvalue weighted by Gasteiger charge is -2.25. The summed E-state index contributed by atoms with van der Waals surface area (Å²) in [6.45, 7) is 1.79. The van der Waals surface area contributed by atoms with E-state index in [1.165, 1.54) is 13.2 Å². The molecular formula is C21H32F3IO5. The van der Waals surface area contributed by atoms with Gasteiger partial charge in [0.15, 0.2) is 0 Å². The van der Waals surface area contributed by atoms with E-state index in [0.29, 0.717) is 25.7 Å². The van der Waals surface area contributed by atoms with Gasteiger partial charge in [0.25, 0.3) is 5.92 Å². The number of aliphatic hydroxyl groups excluding tert-OH is 2. The lowest BCUT2D eigenvalue weighted by Crippen LogP contribution is -2.35. The van der Waals surface area contributed by atoms with Crippen molar-refractivity contribution >= 4 is 28.6 Å². The second-order valence-electron chi connectivity index (χ2n) is 8.22. The number of fused-ring (bicyclic) bond motifs is 1. The van der Waals surface area contributed by atoms with Crippen molar-refractivity contribution in [3.63, 3.8) is 0 Å². The fourth-order valence-corrected chi connectivity index (χ4v) is 5.31. The highest BCUT2D eigenvalue weighted by molar-refractivity contribution is 14.1. The number of methoxy groups -OCH3 is 1. The maximum atomic E-state index is 15.2. The van der Waals surface area contributed by atoms with Crippen LogP contribution in [-0.2, 0) is 14.3 Å². The summed E-state index contributed by atoms with van der Waals surface area (Å²) in [6, 6.07) is 0. The quantitative estimate of drug-likeness (QED) is 0.177. The number of rotatable bonds is 11. The van der Waals surface area contributed by atoms with Crippen LogP contribution in [0.25, 0.3) is 0 Å². The van der Waals surface area contributed by atoms with Gasteiger partial charge in [-0.25, -0.2) is 13.2 Å². The molecule has 0 aromatic rings. The SMILES string of the molecule is CCCCC(F)(F)[C@H](O)/C=C/[C@@H]1[C@H]2C(F)C(C(I)CCCC(=O)OC)O[C@H]2C[C@H]1O. The van der Waals surface area contributed by atoms with Crippen molar-refractivity contribution in [1.29, 1.82) is 0 Å². The molecule has 0 aromatic heterocycles. The molecule has 0 radical (unpaired) electrons. The molecule has 0 bridgehead atoms. The lowest BCUT2D eigenvalue weighted by atomic mass is 9.87. The zero-order chi connectivity index (χ0) is 22.5. The highest BCUT2D eigenvalue weighted by Gasteiger charge is 2.56. The van der Waals surface area contributed by atoms with E-state index in [1.54, 1.807) is 6.92 Å². The molecule has 174 valence electrons. The number of halogens is 4. The molecule has 0 aromatic carbocycles. The summed E-state index contributed by atoms with van der Waals surface area (Å²) < 4.78 is 53.5. The summed E-state index contributed by atoms with van der Waals surface area (Å²) in [5.74, 6) is -4.91. The maximum Gasteiger partial charge on any atom is 0.305 e. The van der Waals surface area contributed by atoms with Crippen molar-refractivity contribution in [2.75, 3.05) is 7.11 Å². The predicted octanol–water partition coefficient (Wildman–Crippen LogP) is 3.98. The van der Waals surface area contributed by atoms with E-state index in [4.69, 9.17) is 4.74 Å². The Hall–Kier alpha value is -0.390. The number of hydrogen-bond donors (Lipinski definition) is 2. The molecule has 2 aliphatic rings. The summed E-state index contributed by atoms with van der Waals surface area (Å²) in [6.07, 6.45) is -1.03. The smallest absolute Gasteiger partial charge is 0.305 e. The van der Waals surface area contributed by atoms with Crippen molar-refractivity contribution in [1.82, 2.24) is 0 Å². The van der Waals surface area contributed by atoms with Crippen LogP contribution in [0, 0.1) is 11.8 Å². The summed E-state index contributed by atoms with van der Waals surface area (Å²) in [5, 5.41) is 20.2. The third kappa shape index (κ3) is 6.32. The minimum atomic E-state index is -3.26. The first kappa shape index (κ1) is 25.9. The Labute approximate surface area is 189 Å². The second-order valence-corrected chi connectivity index (χ2v) is 9.82. The fraction of sp³-hybridized carbons (Fsp3) is 0.857. The number of carbonyl (C=O) groups excluding carboxylic acids is 1. The van der Waals surface area contributed by atoms with Gasteiger partial charge in [0.05, 0.1) is 19.3 Å². The summed E-state index contributed by atoms with van der Waals surface area (Å²) in [7, 11) is 1.32. The number of carbonyl (C=O) groups is 1. The second kappa shape index (κ2) is 11.5. The Kier molecular flexibility index (Phi) is 9.89. The average molecular weight is 548 g/mol. The van der Waals surface area contributed by atoms with Crippen LogP contribution >= 0.6 is 22.6 Å². The molecule has 2 rings (SSSR count). The topological polar surface area (TPSA) is 76.0 Å². The van der Waals surface area contributed by atoms with Crippen LogP contribution in [0.5, 0.6) is 0 Å². The van der Waals surface area contributed by atoms with E-state index in [0.717, 1.165) is 6.08 Å². The summed E-state index contributed by atoms with van der Waals surface area (Å²) >= 11 is 2.11. The molecule has 1 aliphatic heterocycles. The molecule has 30 heavy (non-hydrogen) atoms. The van der Waals surface area contributed by atoms with Gasteiger partial charge in [0.2, 0.25) is 0 Å². The van der Waals surface area contributed by atoms with Crippen molar-refractivity contribution in [2.24, 2.45) is 11.8 Å². The third-order valence-electron chi connectivity index (χ3n) is 6.06. The predicted molar refractivity (Wildman–Crippen MR) is 114 cm³/mol. The normalized spacial score (nSPS) is 33.6. The van der Waals surface area contributed by atoms with E-state index in [-0.39, 0.29) is 22.7 Å². The minimum Gasteiger partial charge on any atom is -0.469 e. The van der Waals surface area contributed by atoms with Gasteiger partial charge in [-0.1, -0.05) is 48.1 Å². The van der Waals surface area contributed by atoms with Gasteiger partial charge in [-0.15, -0.1) is 0 Å². The molecule has 8 atom stereocenters. The van der Waals surface area contributed by atoms with E-state index in [9.17, 15) is 23.8 Å². The Morgan fingerprint density at radius 2 is 2.10 bits per heavy atom. The largest absolute Gasteiger partial charge is 0.469 e. The van der Waals surface area contributed by atoms with E-state index in [1.807, 2.05) is 0 Å². The molecule has 5 nitrogen and oxygen atoms in total. The molecule has 0 spiro atoms. The van der Waals surface area contributed by atoms with Crippen LogP contribution in [-0.4, -0.2) is 63.7 Å². The average Bonchev–Trinajstić information content (AvgIpc) is 3.19. The third-order valence-corrected chi connectivity index (χ3v) is 7.39. The lowest BCUT2D eigenvalue weighted by molar-refractivity contribution is -0.140. The molecule has 3 unspecified atom stereocenters. The molecule has 9 heteroatoms. The van der Waals surface area contributed by atoms with Gasteiger partial charge < -0.3 is 19.7 Å². The summed E-state index contributed by atoms with van der Waals surface area (Å²) in [4.78, 5) is 11.2. The fourth-order valence-electron chi connectivity index (χ4n) is 4.30. The number of ether oxygens (including phenoxy) is 2. The van der Waals surface area contributed by atoms with Crippen LogP contribution in [0.2, 0.25) is 0 Å². The first-order valence-corrected chi connectivity index (χ1v) is 11.8. The Balaban J connectivity index is 1.97. The molecule has 1 heterocycles. The Bertz CT molecular complexity index is 591. The molecule has 2 N–H and O–H groups in total. The van der Waals surface area contributed by atoms with Gasteiger partial charge in [-0.3, -0.25) is 4.79 Å². The number of esters is 1. The minimum absolute atomic E-state index is 0.168. The highest BCUT2D eigenvalue weighted by atomic mass is 127. The van der Waals surface area contributed by atoms with Gasteiger partial charge >= 0.3 is 5.97 Å². The van der Waals surface area contributed by atoms with Crippen molar-refractivity contribution in [3.8, 4) is 0 Å². The maximum absolute atomic E-state index is 15.2. The van der Waals surface area contributed by atoms with Gasteiger partial charge in [-0.05, 0) is 19.3 Å². The van der Waals surface area contributed by atoms with Crippen molar-refractivity contribution in [3.05, 3.63) is 12.2 Å². The number of aliphatic hydroxyl groups is 2. The van der Waals surface area contributed by atoms with Gasteiger partial charge in [-0.2, -0.15) is 0 Å². The van der Waals surface area contributed by atoms with Crippen molar-refractivity contribution in [2.45, 2.75) is 92.3 Å². The van der Waals surface area contributed by atoms with Crippen LogP contribution < -0.4 is 0 Å². The van der Waals surface area contributed by atoms with E-state index in [2.05, 4.69) is 27.3 Å². The molecule has 2 fully saturated rings.